The third-order valence-corrected chi connectivity index (χ3v) is 3.91. The van der Waals surface area contributed by atoms with E-state index < -0.39 is 16.6 Å². The number of carbonyl (C=O) groups is 1. The highest BCUT2D eigenvalue weighted by molar-refractivity contribution is 5.85. The van der Waals surface area contributed by atoms with Crippen molar-refractivity contribution >= 4 is 29.0 Å². The van der Waals surface area contributed by atoms with Crippen LogP contribution in [0.3, 0.4) is 0 Å². The van der Waals surface area contributed by atoms with Gasteiger partial charge in [0.1, 0.15) is 11.4 Å². The van der Waals surface area contributed by atoms with Gasteiger partial charge >= 0.3 is 6.09 Å². The maximum absolute atomic E-state index is 12.0. The highest BCUT2D eigenvalue weighted by Crippen LogP contribution is 2.31. The summed E-state index contributed by atoms with van der Waals surface area (Å²) >= 11 is 0. The molecule has 0 unspecified atom stereocenters. The van der Waals surface area contributed by atoms with Gasteiger partial charge in [-0.3, -0.25) is 15.4 Å². The first-order valence-electron chi connectivity index (χ1n) is 9.28. The van der Waals surface area contributed by atoms with Crippen LogP contribution < -0.4 is 10.6 Å². The first-order valence-corrected chi connectivity index (χ1v) is 9.28. The van der Waals surface area contributed by atoms with Gasteiger partial charge < -0.3 is 10.1 Å². The highest BCUT2D eigenvalue weighted by atomic mass is 16.6. The monoisotopic (exact) mass is 406 g/mol. The van der Waals surface area contributed by atoms with Gasteiger partial charge in [0.15, 0.2) is 0 Å². The Morgan fingerprint density at radius 2 is 1.73 bits per heavy atom. The number of nitro benzene ring substituents is 1. The summed E-state index contributed by atoms with van der Waals surface area (Å²) in [6, 6.07) is 17.5. The van der Waals surface area contributed by atoms with Crippen molar-refractivity contribution in [3.05, 3.63) is 77.0 Å². The second-order valence-corrected chi connectivity index (χ2v) is 7.57. The Labute approximate surface area is 174 Å². The van der Waals surface area contributed by atoms with Crippen molar-refractivity contribution in [1.29, 1.82) is 0 Å². The molecule has 154 valence electrons. The Balaban J connectivity index is 1.91. The molecule has 0 saturated carbocycles. The summed E-state index contributed by atoms with van der Waals surface area (Å²) in [4.78, 5) is 27.1. The van der Waals surface area contributed by atoms with E-state index in [9.17, 15) is 14.9 Å². The van der Waals surface area contributed by atoms with Gasteiger partial charge in [0, 0.05) is 29.7 Å². The summed E-state index contributed by atoms with van der Waals surface area (Å²) < 4.78 is 5.23. The maximum Gasteiger partial charge on any atom is 0.413 e. The molecule has 0 fully saturated rings. The zero-order chi connectivity index (χ0) is 21.7. The van der Waals surface area contributed by atoms with Crippen LogP contribution in [0.2, 0.25) is 0 Å². The number of para-hydroxylation sites is 1. The summed E-state index contributed by atoms with van der Waals surface area (Å²) in [5, 5.41) is 17.2. The SMILES string of the molecule is CC(C)(C)OC(=O)Nc1cc(-c2cc(Nc3ccccc3)cc([N+](=O)[O-])c2)ccn1. The molecule has 2 aromatic carbocycles. The van der Waals surface area contributed by atoms with E-state index in [1.165, 1.54) is 18.3 Å². The number of nitrogens with zero attached hydrogens (tertiary/aromatic N) is 2. The van der Waals surface area contributed by atoms with E-state index in [0.717, 1.165) is 5.69 Å². The number of rotatable bonds is 5. The molecule has 1 amide bonds. The van der Waals surface area contributed by atoms with Crippen molar-refractivity contribution in [3.8, 4) is 11.1 Å². The standard InChI is InChI=1S/C22H22N4O4/c1-22(2,3)30-21(27)25-20-13-15(9-10-23-20)16-11-18(14-19(12-16)26(28)29)24-17-7-5-4-6-8-17/h4-14,24H,1-3H3,(H,23,25,27). The lowest BCUT2D eigenvalue weighted by molar-refractivity contribution is -0.384. The Morgan fingerprint density at radius 3 is 2.40 bits per heavy atom. The maximum atomic E-state index is 12.0. The molecule has 1 aromatic heterocycles. The molecule has 1 heterocycles. The lowest BCUT2D eigenvalue weighted by Gasteiger charge is -2.19. The molecule has 30 heavy (non-hydrogen) atoms. The zero-order valence-electron chi connectivity index (χ0n) is 16.9. The fourth-order valence-electron chi connectivity index (χ4n) is 2.73. The van der Waals surface area contributed by atoms with Crippen molar-refractivity contribution in [2.24, 2.45) is 0 Å². The molecule has 2 N–H and O–H groups in total. The predicted molar refractivity (Wildman–Crippen MR) is 116 cm³/mol. The zero-order valence-corrected chi connectivity index (χ0v) is 16.9. The Hall–Kier alpha value is -3.94. The average molecular weight is 406 g/mol. The number of ether oxygens (including phenoxy) is 1. The van der Waals surface area contributed by atoms with Crippen LogP contribution in [0, 0.1) is 10.1 Å². The largest absolute Gasteiger partial charge is 0.444 e. The fraction of sp³-hybridized carbons (Fsp3) is 0.182. The molecule has 3 aromatic rings. The number of aromatic nitrogens is 1. The molecule has 0 saturated heterocycles. The number of nitro groups is 1. The molecule has 0 spiro atoms. The number of carbonyl (C=O) groups excluding carboxylic acids is 1. The molecular weight excluding hydrogens is 384 g/mol. The van der Waals surface area contributed by atoms with Crippen LogP contribution in [0.1, 0.15) is 20.8 Å². The van der Waals surface area contributed by atoms with Crippen LogP contribution >= 0.6 is 0 Å². The van der Waals surface area contributed by atoms with E-state index in [-0.39, 0.29) is 11.5 Å². The molecule has 8 nitrogen and oxygen atoms in total. The minimum absolute atomic E-state index is 0.0515. The van der Waals surface area contributed by atoms with E-state index in [2.05, 4.69) is 15.6 Å². The highest BCUT2D eigenvalue weighted by Gasteiger charge is 2.17. The minimum Gasteiger partial charge on any atom is -0.444 e. The summed E-state index contributed by atoms with van der Waals surface area (Å²) in [6.07, 6.45) is 0.892. The van der Waals surface area contributed by atoms with Crippen LogP contribution in [0.25, 0.3) is 11.1 Å². The van der Waals surface area contributed by atoms with Crippen molar-refractivity contribution in [3.63, 3.8) is 0 Å². The van der Waals surface area contributed by atoms with Crippen LogP contribution in [0.5, 0.6) is 0 Å². The predicted octanol–water partition coefficient (Wildman–Crippen LogP) is 5.75. The van der Waals surface area contributed by atoms with Gasteiger partial charge in [-0.2, -0.15) is 0 Å². The topological polar surface area (TPSA) is 106 Å². The van der Waals surface area contributed by atoms with Gasteiger partial charge in [-0.25, -0.2) is 9.78 Å². The molecule has 0 atom stereocenters. The Morgan fingerprint density at radius 1 is 1.00 bits per heavy atom. The van der Waals surface area contributed by atoms with E-state index in [1.807, 2.05) is 30.3 Å². The number of anilines is 3. The number of nitrogens with one attached hydrogen (secondary N) is 2. The number of hydrogen-bond donors (Lipinski definition) is 2. The smallest absolute Gasteiger partial charge is 0.413 e. The molecular formula is C22H22N4O4. The van der Waals surface area contributed by atoms with Crippen LogP contribution in [0.4, 0.5) is 27.7 Å². The normalized spacial score (nSPS) is 10.9. The van der Waals surface area contributed by atoms with Gasteiger partial charge in [0.25, 0.3) is 5.69 Å². The van der Waals surface area contributed by atoms with Crippen molar-refractivity contribution in [2.75, 3.05) is 10.6 Å². The van der Waals surface area contributed by atoms with Gasteiger partial charge in [0.2, 0.25) is 0 Å². The third-order valence-electron chi connectivity index (χ3n) is 3.91. The van der Waals surface area contributed by atoms with E-state index in [1.54, 1.807) is 39.0 Å². The molecule has 3 rings (SSSR count). The Kier molecular flexibility index (Phi) is 5.96. The first kappa shape index (κ1) is 20.8. The van der Waals surface area contributed by atoms with Crippen LogP contribution in [0.15, 0.2) is 66.9 Å². The summed E-state index contributed by atoms with van der Waals surface area (Å²) in [5.74, 6) is 0.283. The quantitative estimate of drug-likeness (QED) is 0.413. The van der Waals surface area contributed by atoms with E-state index in [0.29, 0.717) is 16.8 Å². The minimum atomic E-state index is -0.639. The fourth-order valence-corrected chi connectivity index (χ4v) is 2.73. The van der Waals surface area contributed by atoms with Crippen LogP contribution in [-0.4, -0.2) is 21.6 Å². The van der Waals surface area contributed by atoms with Gasteiger partial charge in [-0.05, 0) is 62.2 Å². The molecule has 0 radical (unpaired) electrons. The van der Waals surface area contributed by atoms with Crippen molar-refractivity contribution in [1.82, 2.24) is 4.98 Å². The molecule has 8 heteroatoms. The van der Waals surface area contributed by atoms with Crippen molar-refractivity contribution < 1.29 is 14.5 Å². The average Bonchev–Trinajstić information content (AvgIpc) is 2.67. The second-order valence-electron chi connectivity index (χ2n) is 7.57. The van der Waals surface area contributed by atoms with Crippen molar-refractivity contribution in [2.45, 2.75) is 26.4 Å². The Bertz CT molecular complexity index is 1060. The van der Waals surface area contributed by atoms with E-state index >= 15 is 0 Å². The number of pyridine rings is 1. The summed E-state index contributed by atoms with van der Waals surface area (Å²) in [5.41, 5.74) is 1.96. The number of amides is 1. The third kappa shape index (κ3) is 5.78. The lowest BCUT2D eigenvalue weighted by Crippen LogP contribution is -2.27. The molecule has 0 bridgehead atoms. The van der Waals surface area contributed by atoms with Gasteiger partial charge in [-0.1, -0.05) is 18.2 Å². The molecule has 0 aliphatic carbocycles. The summed E-state index contributed by atoms with van der Waals surface area (Å²) in [7, 11) is 0. The lowest BCUT2D eigenvalue weighted by atomic mass is 10.0. The second kappa shape index (κ2) is 8.60. The van der Waals surface area contributed by atoms with Gasteiger partial charge in [0.05, 0.1) is 4.92 Å². The first-order chi connectivity index (χ1) is 14.2. The molecule has 0 aliphatic rings. The van der Waals surface area contributed by atoms with Crippen LogP contribution in [-0.2, 0) is 4.74 Å². The molecule has 0 aliphatic heterocycles. The van der Waals surface area contributed by atoms with E-state index in [4.69, 9.17) is 4.74 Å². The number of benzene rings is 2. The summed E-state index contributed by atoms with van der Waals surface area (Å²) in [6.45, 7) is 5.29. The number of hydrogen-bond acceptors (Lipinski definition) is 6. The number of non-ortho nitro benzene ring substituents is 1. The van der Waals surface area contributed by atoms with Gasteiger partial charge in [-0.15, -0.1) is 0 Å².